The maximum atomic E-state index is 12.6. The van der Waals surface area contributed by atoms with E-state index in [-0.39, 0.29) is 11.4 Å². The summed E-state index contributed by atoms with van der Waals surface area (Å²) >= 11 is 7.56. The van der Waals surface area contributed by atoms with Crippen LogP contribution in [0, 0.1) is 6.92 Å². The molecule has 0 saturated carbocycles. The van der Waals surface area contributed by atoms with Gasteiger partial charge in [-0.1, -0.05) is 59.8 Å². The fraction of sp³-hybridized carbons (Fsp3) is 0.174. The Balaban J connectivity index is 1.66. The zero-order valence-corrected chi connectivity index (χ0v) is 17.7. The molecule has 1 atom stereocenters. The number of hydrogen-bond donors (Lipinski definition) is 2. The molecule has 0 aliphatic carbocycles. The van der Waals surface area contributed by atoms with E-state index in [1.165, 1.54) is 11.8 Å². The Kier molecular flexibility index (Phi) is 5.69. The van der Waals surface area contributed by atoms with E-state index < -0.39 is 0 Å². The average molecular weight is 425 g/mol. The predicted octanol–water partition coefficient (Wildman–Crippen LogP) is 5.80. The Morgan fingerprint density at radius 1 is 1.21 bits per heavy atom. The lowest BCUT2D eigenvalue weighted by molar-refractivity contribution is -0.116. The molecule has 0 bridgehead atoms. The van der Waals surface area contributed by atoms with E-state index in [9.17, 15) is 4.79 Å². The van der Waals surface area contributed by atoms with Crippen LogP contribution in [0.25, 0.3) is 16.8 Å². The van der Waals surface area contributed by atoms with Crippen molar-refractivity contribution < 1.29 is 9.53 Å². The predicted molar refractivity (Wildman–Crippen MR) is 122 cm³/mol. The molecule has 0 spiro atoms. The third kappa shape index (κ3) is 4.21. The van der Waals surface area contributed by atoms with Crippen molar-refractivity contribution in [2.75, 3.05) is 11.9 Å². The van der Waals surface area contributed by atoms with Crippen molar-refractivity contribution in [3.63, 3.8) is 0 Å². The van der Waals surface area contributed by atoms with Crippen molar-refractivity contribution in [2.45, 2.75) is 19.3 Å². The Hall–Kier alpha value is -2.63. The first-order valence-corrected chi connectivity index (χ1v) is 10.7. The number of nitrogens with one attached hydrogen (secondary N) is 2. The highest BCUT2D eigenvalue weighted by Crippen LogP contribution is 2.36. The summed E-state index contributed by atoms with van der Waals surface area (Å²) in [6, 6.07) is 17.8. The van der Waals surface area contributed by atoms with Crippen LogP contribution >= 0.6 is 23.4 Å². The molecule has 3 aromatic carbocycles. The van der Waals surface area contributed by atoms with Crippen molar-refractivity contribution in [1.82, 2.24) is 5.32 Å². The number of fused-ring (bicyclic) bond motifs is 1. The Bertz CT molecular complexity index is 1110. The molecule has 148 valence electrons. The van der Waals surface area contributed by atoms with Crippen LogP contribution in [0.3, 0.4) is 0 Å². The number of carbonyl (C=O) groups is 1. The zero-order valence-electron chi connectivity index (χ0n) is 16.2. The number of halogens is 1. The smallest absolute Gasteiger partial charge is 0.260 e. The lowest BCUT2D eigenvalue weighted by atomic mass is 10.0. The number of amides is 1. The summed E-state index contributed by atoms with van der Waals surface area (Å²) in [6.45, 7) is 4.52. The standard InChI is InChI=1S/C23H21ClN2O2S/c1-3-28-20-11-9-15-6-4-5-7-17(15)18(20)13-21-22(27)26-23(29-21)25-19-12-16(24)10-8-14(19)2/h4-13,23,25H,3H2,1-2H3,(H,26,27)/b21-13-. The second-order valence-electron chi connectivity index (χ2n) is 6.72. The summed E-state index contributed by atoms with van der Waals surface area (Å²) < 4.78 is 5.83. The monoisotopic (exact) mass is 424 g/mol. The van der Waals surface area contributed by atoms with Crippen molar-refractivity contribution >= 4 is 51.8 Å². The van der Waals surface area contributed by atoms with Gasteiger partial charge in [-0.15, -0.1) is 0 Å². The van der Waals surface area contributed by atoms with Crippen molar-refractivity contribution in [2.24, 2.45) is 0 Å². The first-order chi connectivity index (χ1) is 14.0. The number of hydrogen-bond acceptors (Lipinski definition) is 4. The summed E-state index contributed by atoms with van der Waals surface area (Å²) in [5.41, 5.74) is 2.62. The molecule has 6 heteroatoms. The highest BCUT2D eigenvalue weighted by molar-refractivity contribution is 8.05. The molecular weight excluding hydrogens is 404 g/mol. The lowest BCUT2D eigenvalue weighted by Gasteiger charge is -2.15. The molecule has 1 heterocycles. The first kappa shape index (κ1) is 19.7. The van der Waals surface area contributed by atoms with E-state index in [1.54, 1.807) is 0 Å². The molecule has 0 radical (unpaired) electrons. The largest absolute Gasteiger partial charge is 0.493 e. The number of rotatable bonds is 5. The average Bonchev–Trinajstić information content (AvgIpc) is 3.05. The second kappa shape index (κ2) is 8.39. The minimum Gasteiger partial charge on any atom is -0.493 e. The van der Waals surface area contributed by atoms with Gasteiger partial charge in [0.2, 0.25) is 0 Å². The van der Waals surface area contributed by atoms with Gasteiger partial charge in [0.25, 0.3) is 5.91 Å². The first-order valence-electron chi connectivity index (χ1n) is 9.41. The maximum Gasteiger partial charge on any atom is 0.260 e. The van der Waals surface area contributed by atoms with Gasteiger partial charge < -0.3 is 15.4 Å². The Morgan fingerprint density at radius 3 is 2.86 bits per heavy atom. The molecule has 1 aliphatic heterocycles. The van der Waals surface area contributed by atoms with Crippen LogP contribution in [-0.2, 0) is 4.79 Å². The van der Waals surface area contributed by atoms with Gasteiger partial charge >= 0.3 is 0 Å². The number of anilines is 1. The zero-order chi connectivity index (χ0) is 20.4. The molecule has 1 amide bonds. The van der Waals surface area contributed by atoms with Crippen LogP contribution in [0.4, 0.5) is 5.69 Å². The minimum atomic E-state index is -0.267. The van der Waals surface area contributed by atoms with E-state index >= 15 is 0 Å². The number of benzene rings is 3. The van der Waals surface area contributed by atoms with Gasteiger partial charge in [-0.05, 0) is 54.5 Å². The van der Waals surface area contributed by atoms with Gasteiger partial charge in [0.15, 0.2) is 5.50 Å². The summed E-state index contributed by atoms with van der Waals surface area (Å²) in [5.74, 6) is 0.664. The third-order valence-corrected chi connectivity index (χ3v) is 5.99. The van der Waals surface area contributed by atoms with Crippen LogP contribution in [0.1, 0.15) is 18.1 Å². The Morgan fingerprint density at radius 2 is 2.03 bits per heavy atom. The van der Waals surface area contributed by atoms with Crippen molar-refractivity contribution in [3.05, 3.63) is 75.7 Å². The van der Waals surface area contributed by atoms with Crippen LogP contribution < -0.4 is 15.4 Å². The van der Waals surface area contributed by atoms with Gasteiger partial charge in [0.05, 0.1) is 11.5 Å². The summed E-state index contributed by atoms with van der Waals surface area (Å²) in [7, 11) is 0. The fourth-order valence-corrected chi connectivity index (χ4v) is 4.42. The molecule has 1 unspecified atom stereocenters. The highest BCUT2D eigenvalue weighted by Gasteiger charge is 2.28. The topological polar surface area (TPSA) is 50.4 Å². The molecule has 3 aromatic rings. The normalized spacial score (nSPS) is 17.6. The van der Waals surface area contributed by atoms with Gasteiger partial charge in [0.1, 0.15) is 5.75 Å². The molecule has 1 fully saturated rings. The molecule has 4 nitrogen and oxygen atoms in total. The number of carbonyl (C=O) groups excluding carboxylic acids is 1. The maximum absolute atomic E-state index is 12.6. The van der Waals surface area contributed by atoms with E-state index in [1.807, 2.05) is 68.5 Å². The van der Waals surface area contributed by atoms with Crippen LogP contribution in [0.15, 0.2) is 59.5 Å². The summed E-state index contributed by atoms with van der Waals surface area (Å²) in [5, 5.41) is 9.14. The third-order valence-electron chi connectivity index (χ3n) is 4.72. The van der Waals surface area contributed by atoms with Crippen LogP contribution in [0.2, 0.25) is 5.02 Å². The van der Waals surface area contributed by atoms with Gasteiger partial charge in [-0.2, -0.15) is 0 Å². The van der Waals surface area contributed by atoms with Gasteiger partial charge in [-0.3, -0.25) is 4.79 Å². The van der Waals surface area contributed by atoms with E-state index in [4.69, 9.17) is 16.3 Å². The second-order valence-corrected chi connectivity index (χ2v) is 8.30. The van der Waals surface area contributed by atoms with Gasteiger partial charge in [0, 0.05) is 16.3 Å². The molecule has 4 rings (SSSR count). The summed E-state index contributed by atoms with van der Waals surface area (Å²) in [4.78, 5) is 13.3. The van der Waals surface area contributed by atoms with Crippen LogP contribution in [0.5, 0.6) is 5.75 Å². The van der Waals surface area contributed by atoms with Gasteiger partial charge in [-0.25, -0.2) is 0 Å². The lowest BCUT2D eigenvalue weighted by Crippen LogP contribution is -2.31. The number of ether oxygens (including phenoxy) is 1. The van der Waals surface area contributed by atoms with E-state index in [0.717, 1.165) is 33.3 Å². The number of thioether (sulfide) groups is 1. The van der Waals surface area contributed by atoms with Crippen LogP contribution in [-0.4, -0.2) is 18.0 Å². The molecule has 1 aliphatic rings. The molecule has 0 aromatic heterocycles. The molecule has 2 N–H and O–H groups in total. The van der Waals surface area contributed by atoms with Crippen molar-refractivity contribution in [3.8, 4) is 5.75 Å². The summed E-state index contributed by atoms with van der Waals surface area (Å²) in [6.07, 6.45) is 1.92. The molecule has 29 heavy (non-hydrogen) atoms. The molecular formula is C23H21ClN2O2S. The van der Waals surface area contributed by atoms with E-state index in [2.05, 4.69) is 16.7 Å². The molecule has 1 saturated heterocycles. The minimum absolute atomic E-state index is 0.109. The number of aryl methyl sites for hydroxylation is 1. The quantitative estimate of drug-likeness (QED) is 0.508. The van der Waals surface area contributed by atoms with Crippen molar-refractivity contribution in [1.29, 1.82) is 0 Å². The fourth-order valence-electron chi connectivity index (χ4n) is 3.29. The highest BCUT2D eigenvalue weighted by atomic mass is 35.5. The Labute approximate surface area is 179 Å². The SMILES string of the molecule is CCOc1ccc2ccccc2c1/C=C1\SC(Nc2cc(Cl)ccc2C)NC1=O. The van der Waals surface area contributed by atoms with E-state index in [0.29, 0.717) is 16.5 Å².